The van der Waals surface area contributed by atoms with Crippen molar-refractivity contribution in [2.75, 3.05) is 32.7 Å². The number of likely N-dealkylation sites (tertiary alicyclic amines) is 1. The van der Waals surface area contributed by atoms with Crippen LogP contribution in [-0.4, -0.2) is 56.3 Å². The molecule has 1 fully saturated rings. The summed E-state index contributed by atoms with van der Waals surface area (Å²) < 4.78 is 26.4. The highest BCUT2D eigenvalue weighted by molar-refractivity contribution is 7.89. The maximum absolute atomic E-state index is 12.5. The fraction of sp³-hybridized carbons (Fsp3) is 0.632. The lowest BCUT2D eigenvalue weighted by atomic mass is 9.99. The number of amides is 1. The summed E-state index contributed by atoms with van der Waals surface area (Å²) in [6, 6.07) is 6.75. The second kappa shape index (κ2) is 9.48. The Labute approximate surface area is 157 Å². The molecule has 0 bridgehead atoms. The van der Waals surface area contributed by atoms with Gasteiger partial charge in [0.2, 0.25) is 15.9 Å². The molecule has 2 rings (SSSR count). The lowest BCUT2D eigenvalue weighted by molar-refractivity contribution is -0.122. The molecule has 1 aromatic rings. The minimum Gasteiger partial charge on any atom is -0.351 e. The molecule has 6 nitrogen and oxygen atoms in total. The minimum absolute atomic E-state index is 0.0133. The molecule has 0 radical (unpaired) electrons. The first-order valence-corrected chi connectivity index (χ1v) is 10.9. The predicted octanol–water partition coefficient (Wildman–Crippen LogP) is 2.07. The highest BCUT2D eigenvalue weighted by Crippen LogP contribution is 2.17. The molecule has 1 saturated heterocycles. The Morgan fingerprint density at radius 1 is 1.15 bits per heavy atom. The lowest BCUT2D eigenvalue weighted by Gasteiger charge is -2.29. The second-order valence-corrected chi connectivity index (χ2v) is 8.91. The molecule has 146 valence electrons. The van der Waals surface area contributed by atoms with E-state index in [9.17, 15) is 13.2 Å². The van der Waals surface area contributed by atoms with Crippen LogP contribution in [0.1, 0.15) is 39.2 Å². The van der Waals surface area contributed by atoms with Gasteiger partial charge < -0.3 is 5.32 Å². The largest absolute Gasteiger partial charge is 0.351 e. The zero-order chi connectivity index (χ0) is 19.2. The third-order valence-corrected chi connectivity index (χ3v) is 7.06. The Kier molecular flexibility index (Phi) is 7.61. The van der Waals surface area contributed by atoms with Gasteiger partial charge in [-0.2, -0.15) is 4.31 Å². The van der Waals surface area contributed by atoms with E-state index in [1.807, 2.05) is 13.8 Å². The van der Waals surface area contributed by atoms with Gasteiger partial charge in [0.05, 0.1) is 11.4 Å². The SMILES string of the molecule is CCN(CC)S(=O)(=O)c1ccc(CNC(=O)CN2CCC(C)CC2)cc1. The molecule has 0 atom stereocenters. The van der Waals surface area contributed by atoms with Crippen molar-refractivity contribution < 1.29 is 13.2 Å². The highest BCUT2D eigenvalue weighted by atomic mass is 32.2. The molecular formula is C19H31N3O3S. The molecule has 0 spiro atoms. The molecule has 1 heterocycles. The molecule has 0 aromatic heterocycles. The molecule has 0 saturated carbocycles. The molecule has 0 unspecified atom stereocenters. The zero-order valence-corrected chi connectivity index (χ0v) is 16.9. The number of nitrogens with one attached hydrogen (secondary N) is 1. The van der Waals surface area contributed by atoms with Gasteiger partial charge in [-0.3, -0.25) is 9.69 Å². The third kappa shape index (κ3) is 5.53. The van der Waals surface area contributed by atoms with Gasteiger partial charge in [-0.25, -0.2) is 8.42 Å². The third-order valence-electron chi connectivity index (χ3n) is 5.00. The maximum Gasteiger partial charge on any atom is 0.243 e. The number of hydrogen-bond acceptors (Lipinski definition) is 4. The highest BCUT2D eigenvalue weighted by Gasteiger charge is 2.21. The molecular weight excluding hydrogens is 350 g/mol. The molecule has 1 aliphatic rings. The fourth-order valence-corrected chi connectivity index (χ4v) is 4.63. The first-order chi connectivity index (χ1) is 12.4. The van der Waals surface area contributed by atoms with Gasteiger partial charge >= 0.3 is 0 Å². The molecule has 0 aliphatic carbocycles. The van der Waals surface area contributed by atoms with Crippen LogP contribution in [0.5, 0.6) is 0 Å². The molecule has 1 N–H and O–H groups in total. The summed E-state index contributed by atoms with van der Waals surface area (Å²) in [5.74, 6) is 0.764. The average Bonchev–Trinajstić information content (AvgIpc) is 2.63. The van der Waals surface area contributed by atoms with Crippen LogP contribution < -0.4 is 5.32 Å². The van der Waals surface area contributed by atoms with E-state index in [1.54, 1.807) is 24.3 Å². The van der Waals surface area contributed by atoms with Crippen molar-refractivity contribution in [2.45, 2.75) is 45.1 Å². The van der Waals surface area contributed by atoms with Crippen molar-refractivity contribution in [1.29, 1.82) is 0 Å². The molecule has 1 aromatic carbocycles. The Balaban J connectivity index is 1.86. The van der Waals surface area contributed by atoms with Crippen molar-refractivity contribution >= 4 is 15.9 Å². The van der Waals surface area contributed by atoms with Gasteiger partial charge in [-0.05, 0) is 49.5 Å². The Bertz CT molecular complexity index is 676. The van der Waals surface area contributed by atoms with Crippen molar-refractivity contribution in [1.82, 2.24) is 14.5 Å². The van der Waals surface area contributed by atoms with E-state index in [4.69, 9.17) is 0 Å². The first-order valence-electron chi connectivity index (χ1n) is 9.45. The number of hydrogen-bond donors (Lipinski definition) is 1. The number of carbonyl (C=O) groups excluding carboxylic acids is 1. The summed E-state index contributed by atoms with van der Waals surface area (Å²) in [7, 11) is -3.43. The summed E-state index contributed by atoms with van der Waals surface area (Å²) in [5, 5.41) is 2.92. The summed E-state index contributed by atoms with van der Waals surface area (Å²) in [5.41, 5.74) is 0.893. The van der Waals surface area contributed by atoms with Gasteiger partial charge in [0.25, 0.3) is 0 Å². The van der Waals surface area contributed by atoms with Crippen molar-refractivity contribution in [3.05, 3.63) is 29.8 Å². The Morgan fingerprint density at radius 3 is 2.27 bits per heavy atom. The Hall–Kier alpha value is -1.44. The summed E-state index contributed by atoms with van der Waals surface area (Å²) in [4.78, 5) is 14.6. The maximum atomic E-state index is 12.5. The van der Waals surface area contributed by atoms with E-state index < -0.39 is 10.0 Å². The normalized spacial score (nSPS) is 16.8. The predicted molar refractivity (Wildman–Crippen MR) is 103 cm³/mol. The van der Waals surface area contributed by atoms with Crippen LogP contribution in [0.15, 0.2) is 29.2 Å². The molecule has 1 aliphatic heterocycles. The lowest BCUT2D eigenvalue weighted by Crippen LogP contribution is -2.41. The number of nitrogens with zero attached hydrogens (tertiary/aromatic N) is 2. The van der Waals surface area contributed by atoms with Gasteiger partial charge in [-0.1, -0.05) is 32.9 Å². The van der Waals surface area contributed by atoms with E-state index in [1.165, 1.54) is 4.31 Å². The van der Waals surface area contributed by atoms with Crippen LogP contribution in [0.2, 0.25) is 0 Å². The van der Waals surface area contributed by atoms with Crippen LogP contribution in [0.25, 0.3) is 0 Å². The van der Waals surface area contributed by atoms with Crippen molar-refractivity contribution in [3.8, 4) is 0 Å². The van der Waals surface area contributed by atoms with E-state index in [0.29, 0.717) is 31.1 Å². The van der Waals surface area contributed by atoms with E-state index in [2.05, 4.69) is 17.1 Å². The summed E-state index contributed by atoms with van der Waals surface area (Å²) in [6.07, 6.45) is 2.30. The summed E-state index contributed by atoms with van der Waals surface area (Å²) >= 11 is 0. The van der Waals surface area contributed by atoms with Gasteiger partial charge in [0.15, 0.2) is 0 Å². The smallest absolute Gasteiger partial charge is 0.243 e. The number of piperidine rings is 1. The number of benzene rings is 1. The fourth-order valence-electron chi connectivity index (χ4n) is 3.17. The minimum atomic E-state index is -3.43. The van der Waals surface area contributed by atoms with Crippen LogP contribution in [0.3, 0.4) is 0 Å². The van der Waals surface area contributed by atoms with Gasteiger partial charge in [-0.15, -0.1) is 0 Å². The second-order valence-electron chi connectivity index (χ2n) is 6.97. The van der Waals surface area contributed by atoms with Gasteiger partial charge in [0.1, 0.15) is 0 Å². The van der Waals surface area contributed by atoms with E-state index in [0.717, 1.165) is 37.4 Å². The van der Waals surface area contributed by atoms with E-state index in [-0.39, 0.29) is 5.91 Å². The summed E-state index contributed by atoms with van der Waals surface area (Å²) in [6.45, 7) is 9.61. The molecule has 26 heavy (non-hydrogen) atoms. The topological polar surface area (TPSA) is 69.7 Å². The van der Waals surface area contributed by atoms with Crippen LogP contribution in [0, 0.1) is 5.92 Å². The van der Waals surface area contributed by atoms with Crippen molar-refractivity contribution in [2.24, 2.45) is 5.92 Å². The number of sulfonamides is 1. The van der Waals surface area contributed by atoms with E-state index >= 15 is 0 Å². The number of rotatable bonds is 8. The van der Waals surface area contributed by atoms with Crippen LogP contribution in [0.4, 0.5) is 0 Å². The van der Waals surface area contributed by atoms with Gasteiger partial charge in [0, 0.05) is 19.6 Å². The Morgan fingerprint density at radius 2 is 1.73 bits per heavy atom. The number of carbonyl (C=O) groups is 1. The first kappa shape index (κ1) is 20.9. The average molecular weight is 382 g/mol. The standard InChI is InChI=1S/C19H31N3O3S/c1-4-22(5-2)26(24,25)18-8-6-17(7-9-18)14-20-19(23)15-21-12-10-16(3)11-13-21/h6-9,16H,4-5,10-15H2,1-3H3,(H,20,23). The van der Waals surface area contributed by atoms with Crippen LogP contribution in [-0.2, 0) is 21.4 Å². The monoisotopic (exact) mass is 381 g/mol. The quantitative estimate of drug-likeness (QED) is 0.748. The molecule has 1 amide bonds. The van der Waals surface area contributed by atoms with Crippen LogP contribution >= 0.6 is 0 Å². The molecule has 7 heteroatoms. The zero-order valence-electron chi connectivity index (χ0n) is 16.1. The van der Waals surface area contributed by atoms with Crippen molar-refractivity contribution in [3.63, 3.8) is 0 Å².